The van der Waals surface area contributed by atoms with Gasteiger partial charge in [0.2, 0.25) is 0 Å². The van der Waals surface area contributed by atoms with Crippen LogP contribution in [0.1, 0.15) is 18.9 Å². The van der Waals surface area contributed by atoms with Crippen LogP contribution in [0.4, 0.5) is 10.5 Å². The van der Waals surface area contributed by atoms with Crippen LogP contribution in [-0.2, 0) is 16.1 Å². The standard InChI is InChI=1S/C12H14N2O6/c1-8(6-11(15)16)13-12(17)20-7-9-2-4-10(5-3-9)14(18)19/h2-5,8H,6-7H2,1H3,(H,13,17)(H,15,16). The monoisotopic (exact) mass is 282 g/mol. The summed E-state index contributed by atoms with van der Waals surface area (Å²) in [5.74, 6) is -1.02. The molecule has 2 N–H and O–H groups in total. The van der Waals surface area contributed by atoms with E-state index in [1.54, 1.807) is 6.92 Å². The first-order chi connectivity index (χ1) is 9.38. The van der Waals surface area contributed by atoms with Crippen molar-refractivity contribution in [2.45, 2.75) is 26.0 Å². The number of hydrogen-bond donors (Lipinski definition) is 2. The van der Waals surface area contributed by atoms with Gasteiger partial charge >= 0.3 is 12.1 Å². The van der Waals surface area contributed by atoms with Gasteiger partial charge in [-0.15, -0.1) is 0 Å². The second-order valence-corrected chi connectivity index (χ2v) is 4.14. The maximum absolute atomic E-state index is 11.3. The van der Waals surface area contributed by atoms with Crippen LogP contribution in [0.5, 0.6) is 0 Å². The molecule has 0 fully saturated rings. The molecule has 1 aromatic carbocycles. The van der Waals surface area contributed by atoms with Gasteiger partial charge in [0, 0.05) is 18.2 Å². The van der Waals surface area contributed by atoms with Gasteiger partial charge in [0.15, 0.2) is 0 Å². The maximum Gasteiger partial charge on any atom is 0.407 e. The van der Waals surface area contributed by atoms with Crippen LogP contribution in [0.25, 0.3) is 0 Å². The second kappa shape index (κ2) is 7.07. The van der Waals surface area contributed by atoms with E-state index in [-0.39, 0.29) is 18.7 Å². The topological polar surface area (TPSA) is 119 Å². The zero-order chi connectivity index (χ0) is 15.1. The first kappa shape index (κ1) is 15.4. The molecule has 1 amide bonds. The molecule has 0 aliphatic heterocycles. The lowest BCUT2D eigenvalue weighted by atomic mass is 10.2. The quantitative estimate of drug-likeness (QED) is 0.605. The van der Waals surface area contributed by atoms with Crippen molar-refractivity contribution >= 4 is 17.7 Å². The van der Waals surface area contributed by atoms with Gasteiger partial charge < -0.3 is 15.2 Å². The van der Waals surface area contributed by atoms with Crippen molar-refractivity contribution in [1.82, 2.24) is 5.32 Å². The third-order valence-corrected chi connectivity index (χ3v) is 2.36. The molecule has 1 atom stereocenters. The molecule has 0 radical (unpaired) electrons. The Morgan fingerprint density at radius 1 is 1.40 bits per heavy atom. The number of nitrogens with one attached hydrogen (secondary N) is 1. The summed E-state index contributed by atoms with van der Waals surface area (Å²) in [7, 11) is 0. The van der Waals surface area contributed by atoms with Crippen molar-refractivity contribution in [3.63, 3.8) is 0 Å². The van der Waals surface area contributed by atoms with Crippen molar-refractivity contribution in [1.29, 1.82) is 0 Å². The molecule has 108 valence electrons. The summed E-state index contributed by atoms with van der Waals surface area (Å²) in [5.41, 5.74) is 0.546. The van der Waals surface area contributed by atoms with Crippen LogP contribution in [0.15, 0.2) is 24.3 Å². The molecule has 0 aromatic heterocycles. The Labute approximate surface area is 114 Å². The summed E-state index contributed by atoms with van der Waals surface area (Å²) >= 11 is 0. The van der Waals surface area contributed by atoms with Gasteiger partial charge in [0.1, 0.15) is 6.61 Å². The van der Waals surface area contributed by atoms with E-state index in [9.17, 15) is 19.7 Å². The highest BCUT2D eigenvalue weighted by Gasteiger charge is 2.12. The summed E-state index contributed by atoms with van der Waals surface area (Å²) < 4.78 is 4.87. The first-order valence-electron chi connectivity index (χ1n) is 5.77. The zero-order valence-corrected chi connectivity index (χ0v) is 10.7. The number of amides is 1. The van der Waals surface area contributed by atoms with Crippen LogP contribution < -0.4 is 5.32 Å². The minimum absolute atomic E-state index is 0.0479. The molecule has 8 heteroatoms. The Morgan fingerprint density at radius 3 is 2.50 bits per heavy atom. The largest absolute Gasteiger partial charge is 0.481 e. The number of hydrogen-bond acceptors (Lipinski definition) is 5. The van der Waals surface area contributed by atoms with E-state index in [0.29, 0.717) is 5.56 Å². The number of nitro groups is 1. The third kappa shape index (κ3) is 5.34. The molecule has 8 nitrogen and oxygen atoms in total. The molecule has 0 heterocycles. The van der Waals surface area contributed by atoms with Crippen LogP contribution in [-0.4, -0.2) is 28.1 Å². The van der Waals surface area contributed by atoms with Crippen LogP contribution in [0.3, 0.4) is 0 Å². The predicted molar refractivity (Wildman–Crippen MR) is 68.1 cm³/mol. The Hall–Kier alpha value is -2.64. The third-order valence-electron chi connectivity index (χ3n) is 2.36. The first-order valence-corrected chi connectivity index (χ1v) is 5.77. The number of rotatable bonds is 6. The molecule has 1 aromatic rings. The van der Waals surface area contributed by atoms with E-state index in [0.717, 1.165) is 0 Å². The summed E-state index contributed by atoms with van der Waals surface area (Å²) in [6, 6.07) is 5.03. The molecule has 1 rings (SSSR count). The second-order valence-electron chi connectivity index (χ2n) is 4.14. The number of nitro benzene ring substituents is 1. The number of carboxylic acids is 1. The smallest absolute Gasteiger partial charge is 0.407 e. The van der Waals surface area contributed by atoms with Crippen LogP contribution in [0, 0.1) is 10.1 Å². The number of carbonyl (C=O) groups is 2. The van der Waals surface area contributed by atoms with Gasteiger partial charge in [-0.25, -0.2) is 4.79 Å². The number of aliphatic carboxylic acids is 1. The number of benzene rings is 1. The summed E-state index contributed by atoms with van der Waals surface area (Å²) in [4.78, 5) is 31.7. The lowest BCUT2D eigenvalue weighted by Crippen LogP contribution is -2.34. The lowest BCUT2D eigenvalue weighted by molar-refractivity contribution is -0.384. The fourth-order valence-electron chi connectivity index (χ4n) is 1.42. The molecule has 20 heavy (non-hydrogen) atoms. The predicted octanol–water partition coefficient (Wildman–Crippen LogP) is 1.68. The van der Waals surface area contributed by atoms with Crippen molar-refractivity contribution < 1.29 is 24.4 Å². The Kier molecular flexibility index (Phi) is 5.45. The Balaban J connectivity index is 2.40. The molecular weight excluding hydrogens is 268 g/mol. The van der Waals surface area contributed by atoms with E-state index in [1.165, 1.54) is 24.3 Å². The van der Waals surface area contributed by atoms with Crippen molar-refractivity contribution in [3.8, 4) is 0 Å². The van der Waals surface area contributed by atoms with Crippen molar-refractivity contribution in [2.75, 3.05) is 0 Å². The average molecular weight is 282 g/mol. The molecule has 0 saturated carbocycles. The van der Waals surface area contributed by atoms with Gasteiger partial charge in [0.25, 0.3) is 5.69 Å². The molecule has 0 spiro atoms. The summed E-state index contributed by atoms with van der Waals surface area (Å²) in [5, 5.41) is 21.3. The van der Waals surface area contributed by atoms with E-state index in [4.69, 9.17) is 9.84 Å². The van der Waals surface area contributed by atoms with E-state index in [2.05, 4.69) is 5.32 Å². The summed E-state index contributed by atoms with van der Waals surface area (Å²) in [6.45, 7) is 1.49. The minimum Gasteiger partial charge on any atom is -0.481 e. The van der Waals surface area contributed by atoms with E-state index >= 15 is 0 Å². The van der Waals surface area contributed by atoms with Crippen molar-refractivity contribution in [2.24, 2.45) is 0 Å². The number of non-ortho nitro benzene ring substituents is 1. The highest BCUT2D eigenvalue weighted by atomic mass is 16.6. The average Bonchev–Trinajstić information content (AvgIpc) is 2.35. The molecule has 0 aliphatic rings. The van der Waals surface area contributed by atoms with Crippen molar-refractivity contribution in [3.05, 3.63) is 39.9 Å². The van der Waals surface area contributed by atoms with Gasteiger partial charge in [-0.2, -0.15) is 0 Å². The Bertz CT molecular complexity index is 499. The molecule has 1 unspecified atom stereocenters. The number of carbonyl (C=O) groups excluding carboxylic acids is 1. The Morgan fingerprint density at radius 2 is 2.00 bits per heavy atom. The van der Waals surface area contributed by atoms with Gasteiger partial charge in [0.05, 0.1) is 11.3 Å². The fourth-order valence-corrected chi connectivity index (χ4v) is 1.42. The number of carboxylic acid groups (broad SMARTS) is 1. The molecular formula is C12H14N2O6. The SMILES string of the molecule is CC(CC(=O)O)NC(=O)OCc1ccc([N+](=O)[O-])cc1. The van der Waals surface area contributed by atoms with Crippen LogP contribution >= 0.6 is 0 Å². The van der Waals surface area contributed by atoms with E-state index in [1.807, 2.05) is 0 Å². The maximum atomic E-state index is 11.3. The number of ether oxygens (including phenoxy) is 1. The van der Waals surface area contributed by atoms with E-state index < -0.39 is 23.0 Å². The highest BCUT2D eigenvalue weighted by Crippen LogP contribution is 2.12. The normalized spacial score (nSPS) is 11.4. The number of alkyl carbamates (subject to hydrolysis) is 1. The number of nitrogens with zero attached hydrogens (tertiary/aromatic N) is 1. The lowest BCUT2D eigenvalue weighted by Gasteiger charge is -2.11. The van der Waals surface area contributed by atoms with Gasteiger partial charge in [-0.3, -0.25) is 14.9 Å². The molecule has 0 bridgehead atoms. The van der Waals surface area contributed by atoms with Gasteiger partial charge in [-0.05, 0) is 24.6 Å². The zero-order valence-electron chi connectivity index (χ0n) is 10.7. The highest BCUT2D eigenvalue weighted by molar-refractivity contribution is 5.71. The molecule has 0 saturated heterocycles. The fraction of sp³-hybridized carbons (Fsp3) is 0.333. The molecule has 0 aliphatic carbocycles. The van der Waals surface area contributed by atoms with Crippen LogP contribution in [0.2, 0.25) is 0 Å². The minimum atomic E-state index is -1.02. The van der Waals surface area contributed by atoms with Gasteiger partial charge in [-0.1, -0.05) is 0 Å². The summed E-state index contributed by atoms with van der Waals surface area (Å²) in [6.07, 6.45) is -0.941.